The third kappa shape index (κ3) is 3.48. The van der Waals surface area contributed by atoms with Crippen LogP contribution in [0, 0.1) is 0 Å². The summed E-state index contributed by atoms with van der Waals surface area (Å²) in [7, 11) is 0. The highest BCUT2D eigenvalue weighted by atomic mass is 35.5. The number of benzene rings is 1. The molecule has 1 aliphatic heterocycles. The van der Waals surface area contributed by atoms with Crippen LogP contribution in [0.1, 0.15) is 23.2 Å². The second-order valence-corrected chi connectivity index (χ2v) is 6.83. The van der Waals surface area contributed by atoms with E-state index >= 15 is 0 Å². The summed E-state index contributed by atoms with van der Waals surface area (Å²) in [4.78, 5) is 26.5. The van der Waals surface area contributed by atoms with Gasteiger partial charge in [-0.05, 0) is 43.3 Å². The Morgan fingerprint density at radius 2 is 2.07 bits per heavy atom. The van der Waals surface area contributed by atoms with E-state index in [1.54, 1.807) is 53.6 Å². The van der Waals surface area contributed by atoms with Crippen molar-refractivity contribution in [3.8, 4) is 5.75 Å². The number of pyridine rings is 1. The molecule has 1 aromatic carbocycles. The predicted molar refractivity (Wildman–Crippen MR) is 102 cm³/mol. The minimum Gasteiger partial charge on any atom is -0.487 e. The Morgan fingerprint density at radius 3 is 2.89 bits per heavy atom. The summed E-state index contributed by atoms with van der Waals surface area (Å²) in [5.41, 5.74) is 0.482. The first-order valence-corrected chi connectivity index (χ1v) is 8.91. The van der Waals surface area contributed by atoms with E-state index in [9.17, 15) is 9.59 Å². The van der Waals surface area contributed by atoms with Crippen molar-refractivity contribution in [3.63, 3.8) is 0 Å². The molecule has 1 amide bonds. The second-order valence-electron chi connectivity index (χ2n) is 6.39. The number of nitrogens with zero attached hydrogens (tertiary/aromatic N) is 2. The van der Waals surface area contributed by atoms with Crippen molar-refractivity contribution in [2.45, 2.75) is 19.6 Å². The van der Waals surface area contributed by atoms with Crippen LogP contribution in [0.15, 0.2) is 63.9 Å². The number of anilines is 1. The lowest BCUT2D eigenvalue weighted by Crippen LogP contribution is -2.42. The van der Waals surface area contributed by atoms with Crippen molar-refractivity contribution in [3.05, 3.63) is 81.6 Å². The van der Waals surface area contributed by atoms with Gasteiger partial charge in [-0.3, -0.25) is 14.5 Å². The Balaban J connectivity index is 1.61. The maximum absolute atomic E-state index is 13.0. The van der Waals surface area contributed by atoms with Gasteiger partial charge in [0, 0.05) is 17.3 Å². The minimum atomic E-state index is -0.277. The van der Waals surface area contributed by atoms with Gasteiger partial charge in [0.2, 0.25) is 0 Å². The van der Waals surface area contributed by atoms with Crippen LogP contribution >= 0.6 is 11.6 Å². The number of hydrogen-bond donors (Lipinski definition) is 0. The van der Waals surface area contributed by atoms with E-state index in [4.69, 9.17) is 20.8 Å². The lowest BCUT2D eigenvalue weighted by Gasteiger charge is -2.33. The van der Waals surface area contributed by atoms with Crippen molar-refractivity contribution >= 4 is 23.2 Å². The van der Waals surface area contributed by atoms with Gasteiger partial charge in [0.05, 0.1) is 18.8 Å². The quantitative estimate of drug-likeness (QED) is 0.692. The van der Waals surface area contributed by atoms with Crippen molar-refractivity contribution in [1.29, 1.82) is 0 Å². The van der Waals surface area contributed by atoms with Gasteiger partial charge in [0.25, 0.3) is 11.5 Å². The number of halogens is 1. The Labute approximate surface area is 160 Å². The molecule has 3 aromatic rings. The first-order valence-electron chi connectivity index (χ1n) is 8.53. The summed E-state index contributed by atoms with van der Waals surface area (Å²) >= 11 is 6.09. The van der Waals surface area contributed by atoms with Crippen molar-refractivity contribution < 1.29 is 13.9 Å². The van der Waals surface area contributed by atoms with Gasteiger partial charge in [0.15, 0.2) is 5.76 Å². The Bertz CT molecular complexity index is 1060. The number of fused-ring (bicyclic) bond motifs is 1. The molecular formula is C20H17ClN2O4. The summed E-state index contributed by atoms with van der Waals surface area (Å²) in [5.74, 6) is 1.06. The smallest absolute Gasteiger partial charge is 0.294 e. The number of hydrogen-bond acceptors (Lipinski definition) is 4. The van der Waals surface area contributed by atoms with Gasteiger partial charge in [-0.1, -0.05) is 17.7 Å². The van der Waals surface area contributed by atoms with E-state index in [1.807, 2.05) is 6.92 Å². The minimum absolute atomic E-state index is 0.132. The molecule has 3 heterocycles. The van der Waals surface area contributed by atoms with Gasteiger partial charge in [-0.25, -0.2) is 0 Å². The largest absolute Gasteiger partial charge is 0.487 e. The zero-order chi connectivity index (χ0) is 19.0. The Kier molecular flexibility index (Phi) is 4.49. The first-order chi connectivity index (χ1) is 13.0. The van der Waals surface area contributed by atoms with E-state index in [1.165, 1.54) is 10.6 Å². The van der Waals surface area contributed by atoms with E-state index < -0.39 is 0 Å². The fourth-order valence-corrected chi connectivity index (χ4v) is 3.24. The molecule has 0 radical (unpaired) electrons. The van der Waals surface area contributed by atoms with Gasteiger partial charge < -0.3 is 13.7 Å². The lowest BCUT2D eigenvalue weighted by atomic mass is 10.2. The first kappa shape index (κ1) is 17.4. The van der Waals surface area contributed by atoms with Crippen LogP contribution in [0.2, 0.25) is 5.02 Å². The van der Waals surface area contributed by atoms with Gasteiger partial charge >= 0.3 is 0 Å². The average molecular weight is 385 g/mol. The van der Waals surface area contributed by atoms with Crippen LogP contribution in [-0.4, -0.2) is 23.1 Å². The highest BCUT2D eigenvalue weighted by Gasteiger charge is 2.30. The highest BCUT2D eigenvalue weighted by Crippen LogP contribution is 2.36. The fourth-order valence-electron chi connectivity index (χ4n) is 3.07. The van der Waals surface area contributed by atoms with Gasteiger partial charge in [0.1, 0.15) is 17.6 Å². The molecule has 0 saturated carbocycles. The van der Waals surface area contributed by atoms with Crippen LogP contribution in [0.3, 0.4) is 0 Å². The molecule has 0 spiro atoms. The second kappa shape index (κ2) is 6.96. The SMILES string of the molecule is CC1CN(C(=O)c2ccc(Cn3ccccc3=O)o2)c2cc(Cl)ccc2O1. The van der Waals surface area contributed by atoms with Crippen molar-refractivity contribution in [1.82, 2.24) is 4.57 Å². The van der Waals surface area contributed by atoms with Crippen LogP contribution in [-0.2, 0) is 6.54 Å². The zero-order valence-electron chi connectivity index (χ0n) is 14.6. The van der Waals surface area contributed by atoms with Crippen LogP contribution in [0.25, 0.3) is 0 Å². The predicted octanol–water partition coefficient (Wildman–Crippen LogP) is 3.57. The number of aromatic nitrogens is 1. The molecular weight excluding hydrogens is 368 g/mol. The molecule has 7 heteroatoms. The molecule has 0 saturated heterocycles. The summed E-state index contributed by atoms with van der Waals surface area (Å²) in [6.07, 6.45) is 1.52. The fraction of sp³-hybridized carbons (Fsp3) is 0.200. The Morgan fingerprint density at radius 1 is 1.22 bits per heavy atom. The number of furan rings is 1. The maximum Gasteiger partial charge on any atom is 0.294 e. The molecule has 0 bridgehead atoms. The number of carbonyl (C=O) groups is 1. The standard InChI is InChI=1S/C20H17ClN2O4/c1-13-11-23(16-10-14(21)5-7-17(16)26-13)20(25)18-8-6-15(27-18)12-22-9-3-2-4-19(22)24/h2-10,13H,11-12H2,1H3. The molecule has 4 rings (SSSR count). The molecule has 2 aromatic heterocycles. The van der Waals surface area contributed by atoms with Crippen molar-refractivity contribution in [2.24, 2.45) is 0 Å². The van der Waals surface area contributed by atoms with E-state index in [0.717, 1.165) is 0 Å². The summed E-state index contributed by atoms with van der Waals surface area (Å²) in [6.45, 7) is 2.54. The molecule has 0 fully saturated rings. The van der Waals surface area contributed by atoms with Crippen molar-refractivity contribution in [2.75, 3.05) is 11.4 Å². The molecule has 6 nitrogen and oxygen atoms in total. The van der Waals surface area contributed by atoms with E-state index in [-0.39, 0.29) is 29.9 Å². The monoisotopic (exact) mass is 384 g/mol. The van der Waals surface area contributed by atoms with Crippen LogP contribution in [0.4, 0.5) is 5.69 Å². The number of carbonyl (C=O) groups excluding carboxylic acids is 1. The van der Waals surface area contributed by atoms with Crippen LogP contribution in [0.5, 0.6) is 5.75 Å². The molecule has 0 aliphatic carbocycles. The summed E-state index contributed by atoms with van der Waals surface area (Å²) in [6, 6.07) is 13.4. The summed E-state index contributed by atoms with van der Waals surface area (Å²) < 4.78 is 13.0. The normalized spacial score (nSPS) is 15.9. The highest BCUT2D eigenvalue weighted by molar-refractivity contribution is 6.31. The molecule has 1 aliphatic rings. The van der Waals surface area contributed by atoms with E-state index in [0.29, 0.717) is 28.8 Å². The molecule has 138 valence electrons. The molecule has 0 N–H and O–H groups in total. The third-order valence-electron chi connectivity index (χ3n) is 4.32. The van der Waals surface area contributed by atoms with Gasteiger partial charge in [-0.2, -0.15) is 0 Å². The third-order valence-corrected chi connectivity index (χ3v) is 4.56. The van der Waals surface area contributed by atoms with Crippen LogP contribution < -0.4 is 15.2 Å². The molecule has 1 atom stereocenters. The molecule has 1 unspecified atom stereocenters. The average Bonchev–Trinajstić information content (AvgIpc) is 3.11. The van der Waals surface area contributed by atoms with E-state index in [2.05, 4.69) is 0 Å². The number of amides is 1. The molecule has 27 heavy (non-hydrogen) atoms. The lowest BCUT2D eigenvalue weighted by molar-refractivity contribution is 0.0932. The Hall–Kier alpha value is -2.99. The summed E-state index contributed by atoms with van der Waals surface area (Å²) in [5, 5.41) is 0.522. The zero-order valence-corrected chi connectivity index (χ0v) is 15.3. The number of ether oxygens (including phenoxy) is 1. The number of rotatable bonds is 3. The maximum atomic E-state index is 13.0. The van der Waals surface area contributed by atoms with Gasteiger partial charge in [-0.15, -0.1) is 0 Å². The topological polar surface area (TPSA) is 64.7 Å².